The number of sulfonamides is 1. The third-order valence-electron chi connectivity index (χ3n) is 4.93. The van der Waals surface area contributed by atoms with Crippen LogP contribution in [-0.4, -0.2) is 61.2 Å². The van der Waals surface area contributed by atoms with Gasteiger partial charge in [-0.3, -0.25) is 0 Å². The summed E-state index contributed by atoms with van der Waals surface area (Å²) in [7, 11) is 0.0305. The number of hydrogen-bond acceptors (Lipinski definition) is 6. The maximum Gasteiger partial charge on any atom is 0.245 e. The largest absolute Gasteiger partial charge is 0.302 e. The summed E-state index contributed by atoms with van der Waals surface area (Å²) in [5.41, 5.74) is 2.34. The van der Waals surface area contributed by atoms with Gasteiger partial charge in [0, 0.05) is 19.6 Å². The van der Waals surface area contributed by atoms with Crippen LogP contribution in [0.25, 0.3) is 11.0 Å². The number of likely N-dealkylation sites (tertiary alicyclic amines) is 1. The van der Waals surface area contributed by atoms with E-state index in [4.69, 9.17) is 4.63 Å². The topological polar surface area (TPSA) is 79.5 Å². The minimum Gasteiger partial charge on any atom is -0.302 e. The Morgan fingerprint density at radius 2 is 1.96 bits per heavy atom. The number of fused-ring (bicyclic) bond motifs is 1. The van der Waals surface area contributed by atoms with E-state index in [-0.39, 0.29) is 10.9 Å². The first-order chi connectivity index (χ1) is 11.3. The van der Waals surface area contributed by atoms with Gasteiger partial charge in [0.25, 0.3) is 0 Å². The summed E-state index contributed by atoms with van der Waals surface area (Å²) in [6.45, 7) is 5.14. The van der Waals surface area contributed by atoms with Crippen LogP contribution in [0.2, 0.25) is 0 Å². The highest BCUT2D eigenvalue weighted by Gasteiger charge is 2.31. The first-order valence-electron chi connectivity index (χ1n) is 8.21. The fraction of sp³-hybridized carbons (Fsp3) is 0.625. The van der Waals surface area contributed by atoms with Crippen molar-refractivity contribution in [2.24, 2.45) is 0 Å². The van der Waals surface area contributed by atoms with Gasteiger partial charge in [-0.1, -0.05) is 12.5 Å². The Balaban J connectivity index is 1.97. The molecule has 24 heavy (non-hydrogen) atoms. The minimum atomic E-state index is -3.66. The summed E-state index contributed by atoms with van der Waals surface area (Å²) in [5.74, 6) is 0. The second-order valence-electron chi connectivity index (χ2n) is 6.72. The van der Waals surface area contributed by atoms with Gasteiger partial charge in [-0.2, -0.15) is 4.31 Å². The summed E-state index contributed by atoms with van der Waals surface area (Å²) in [4.78, 5) is 2.44. The third-order valence-corrected chi connectivity index (χ3v) is 6.93. The first-order valence-corrected chi connectivity index (χ1v) is 9.65. The number of hydrogen-bond donors (Lipinski definition) is 0. The standard InChI is InChI=1S/C16H24N4O3S/c1-11-9-12(2)16(15-14(11)17-23-18-15)24(21,22)20(4)10-13-7-5-6-8-19(13)3/h9,13H,5-8,10H2,1-4H3. The van der Waals surface area contributed by atoms with Crippen LogP contribution in [0.15, 0.2) is 15.6 Å². The minimum absolute atomic E-state index is 0.199. The molecule has 0 radical (unpaired) electrons. The van der Waals surface area contributed by atoms with Gasteiger partial charge in [0.05, 0.1) is 0 Å². The van der Waals surface area contributed by atoms with Gasteiger partial charge in [0.15, 0.2) is 5.52 Å². The fourth-order valence-electron chi connectivity index (χ4n) is 3.49. The highest BCUT2D eigenvalue weighted by molar-refractivity contribution is 7.89. The Kier molecular flexibility index (Phi) is 4.63. The number of benzene rings is 1. The number of aromatic nitrogens is 2. The highest BCUT2D eigenvalue weighted by atomic mass is 32.2. The van der Waals surface area contributed by atoms with Crippen molar-refractivity contribution in [1.29, 1.82) is 0 Å². The summed E-state index contributed by atoms with van der Waals surface area (Å²) >= 11 is 0. The smallest absolute Gasteiger partial charge is 0.245 e. The lowest BCUT2D eigenvalue weighted by Crippen LogP contribution is -2.45. The van der Waals surface area contributed by atoms with Crippen molar-refractivity contribution in [3.8, 4) is 0 Å². The first kappa shape index (κ1) is 17.3. The molecule has 8 heteroatoms. The molecule has 1 aliphatic rings. The molecule has 1 aromatic carbocycles. The molecule has 0 saturated carbocycles. The van der Waals surface area contributed by atoms with Crippen molar-refractivity contribution >= 4 is 21.1 Å². The lowest BCUT2D eigenvalue weighted by atomic mass is 10.0. The van der Waals surface area contributed by atoms with E-state index < -0.39 is 10.0 Å². The molecule has 3 rings (SSSR count). The summed E-state index contributed by atoms with van der Waals surface area (Å²) in [6.07, 6.45) is 3.33. The summed E-state index contributed by atoms with van der Waals surface area (Å²) < 4.78 is 32.5. The van der Waals surface area contributed by atoms with Crippen LogP contribution in [0.5, 0.6) is 0 Å². The zero-order chi connectivity index (χ0) is 17.5. The number of aryl methyl sites for hydroxylation is 2. The van der Waals surface area contributed by atoms with Crippen LogP contribution in [0.3, 0.4) is 0 Å². The molecule has 7 nitrogen and oxygen atoms in total. The normalized spacial score (nSPS) is 20.1. The van der Waals surface area contributed by atoms with E-state index in [0.29, 0.717) is 23.1 Å². The predicted molar refractivity (Wildman–Crippen MR) is 91.4 cm³/mol. The molecular formula is C16H24N4O3S. The molecule has 0 aliphatic carbocycles. The third kappa shape index (κ3) is 2.94. The van der Waals surface area contributed by atoms with E-state index in [0.717, 1.165) is 24.9 Å². The molecule has 1 fully saturated rings. The monoisotopic (exact) mass is 352 g/mol. The van der Waals surface area contributed by atoms with Crippen molar-refractivity contribution in [3.05, 3.63) is 17.2 Å². The highest BCUT2D eigenvalue weighted by Crippen LogP contribution is 2.29. The van der Waals surface area contributed by atoms with E-state index >= 15 is 0 Å². The summed E-state index contributed by atoms with van der Waals surface area (Å²) in [6, 6.07) is 2.06. The van der Waals surface area contributed by atoms with E-state index in [1.54, 1.807) is 14.0 Å². The quantitative estimate of drug-likeness (QED) is 0.837. The van der Waals surface area contributed by atoms with Gasteiger partial charge in [-0.25, -0.2) is 13.0 Å². The number of piperidine rings is 1. The Morgan fingerprint density at radius 1 is 1.25 bits per heavy atom. The van der Waals surface area contributed by atoms with E-state index in [1.165, 1.54) is 10.7 Å². The van der Waals surface area contributed by atoms with Crippen molar-refractivity contribution in [1.82, 2.24) is 19.5 Å². The fourth-order valence-corrected chi connectivity index (χ4v) is 5.02. The lowest BCUT2D eigenvalue weighted by molar-refractivity contribution is 0.166. The molecule has 1 aliphatic heterocycles. The number of nitrogens with zero attached hydrogens (tertiary/aromatic N) is 4. The average Bonchev–Trinajstić information content (AvgIpc) is 2.98. The van der Waals surface area contributed by atoms with Crippen LogP contribution >= 0.6 is 0 Å². The van der Waals surface area contributed by atoms with Crippen molar-refractivity contribution < 1.29 is 13.0 Å². The molecule has 0 amide bonds. The van der Waals surface area contributed by atoms with Gasteiger partial charge in [0.1, 0.15) is 10.4 Å². The van der Waals surface area contributed by atoms with Crippen LogP contribution in [0, 0.1) is 13.8 Å². The van der Waals surface area contributed by atoms with Crippen molar-refractivity contribution in [3.63, 3.8) is 0 Å². The molecule has 132 valence electrons. The molecule has 1 unspecified atom stereocenters. The Morgan fingerprint density at radius 3 is 2.67 bits per heavy atom. The van der Waals surface area contributed by atoms with Crippen LogP contribution in [-0.2, 0) is 10.0 Å². The molecular weight excluding hydrogens is 328 g/mol. The van der Waals surface area contributed by atoms with Gasteiger partial charge in [-0.15, -0.1) is 0 Å². The molecule has 1 saturated heterocycles. The molecule has 2 heterocycles. The lowest BCUT2D eigenvalue weighted by Gasteiger charge is -2.34. The SMILES string of the molecule is Cc1cc(C)c2nonc2c1S(=O)(=O)N(C)CC1CCCCN1C. The zero-order valence-corrected chi connectivity index (χ0v) is 15.4. The number of rotatable bonds is 4. The maximum atomic E-state index is 13.2. The average molecular weight is 352 g/mol. The van der Waals surface area contributed by atoms with Gasteiger partial charge >= 0.3 is 0 Å². The summed E-state index contributed by atoms with van der Waals surface area (Å²) in [5, 5.41) is 7.69. The van der Waals surface area contributed by atoms with E-state index in [2.05, 4.69) is 22.3 Å². The molecule has 0 N–H and O–H groups in total. The number of likely N-dealkylation sites (N-methyl/N-ethyl adjacent to an activating group) is 2. The second-order valence-corrected chi connectivity index (χ2v) is 8.70. The van der Waals surface area contributed by atoms with Crippen LogP contribution in [0.4, 0.5) is 0 Å². The Bertz CT molecular complexity index is 846. The van der Waals surface area contributed by atoms with Crippen LogP contribution < -0.4 is 0 Å². The Hall–Kier alpha value is -1.51. The predicted octanol–water partition coefficient (Wildman–Crippen LogP) is 1.94. The molecule has 2 aromatic rings. The van der Waals surface area contributed by atoms with Crippen LogP contribution in [0.1, 0.15) is 30.4 Å². The van der Waals surface area contributed by atoms with Gasteiger partial charge in [-0.05, 0) is 61.7 Å². The Labute approximate surface area is 142 Å². The van der Waals surface area contributed by atoms with Gasteiger partial charge in [0.2, 0.25) is 10.0 Å². The van der Waals surface area contributed by atoms with E-state index in [1.807, 2.05) is 13.0 Å². The zero-order valence-electron chi connectivity index (χ0n) is 14.6. The molecule has 1 aromatic heterocycles. The maximum absolute atomic E-state index is 13.2. The van der Waals surface area contributed by atoms with E-state index in [9.17, 15) is 8.42 Å². The van der Waals surface area contributed by atoms with Gasteiger partial charge < -0.3 is 4.90 Å². The van der Waals surface area contributed by atoms with Crippen molar-refractivity contribution in [2.45, 2.75) is 44.0 Å². The van der Waals surface area contributed by atoms with Crippen molar-refractivity contribution in [2.75, 3.05) is 27.2 Å². The second kappa shape index (κ2) is 6.42. The molecule has 0 spiro atoms. The molecule has 0 bridgehead atoms. The molecule has 1 atom stereocenters.